The van der Waals surface area contributed by atoms with E-state index in [1.165, 1.54) is 5.56 Å². The van der Waals surface area contributed by atoms with Crippen LogP contribution in [0.25, 0.3) is 0 Å². The van der Waals surface area contributed by atoms with Gasteiger partial charge in [0.05, 0.1) is 15.6 Å². The van der Waals surface area contributed by atoms with Crippen molar-refractivity contribution in [3.63, 3.8) is 0 Å². The molecular formula is C14H21Br2NOS. The molecule has 0 heterocycles. The Balaban J connectivity index is 2.63. The highest BCUT2D eigenvalue weighted by atomic mass is 79.9. The molecule has 0 radical (unpaired) electrons. The third kappa shape index (κ3) is 6.52. The highest BCUT2D eigenvalue weighted by Gasteiger charge is 2.09. The molecule has 0 aliphatic rings. The SMILES string of the molecule is CCSCCOc1c(Br)cc(CNC(C)C)cc1Br. The van der Waals surface area contributed by atoms with E-state index in [2.05, 4.69) is 70.1 Å². The van der Waals surface area contributed by atoms with Gasteiger partial charge < -0.3 is 10.1 Å². The Kier molecular flexibility index (Phi) is 8.46. The number of rotatable bonds is 8. The standard InChI is InChI=1S/C14H21Br2NOS/c1-4-19-6-5-18-14-12(15)7-11(8-13(14)16)9-17-10(2)3/h7-8,10,17H,4-6,9H2,1-3H3. The first-order chi connectivity index (χ1) is 9.04. The number of hydrogen-bond donors (Lipinski definition) is 1. The zero-order valence-corrected chi connectivity index (χ0v) is 15.6. The van der Waals surface area contributed by atoms with Gasteiger partial charge in [-0.05, 0) is 55.3 Å². The van der Waals surface area contributed by atoms with Crippen LogP contribution in [0.3, 0.4) is 0 Å². The number of thioether (sulfide) groups is 1. The van der Waals surface area contributed by atoms with Crippen LogP contribution in [0.2, 0.25) is 0 Å². The number of ether oxygens (including phenoxy) is 1. The van der Waals surface area contributed by atoms with Crippen LogP contribution >= 0.6 is 43.6 Å². The summed E-state index contributed by atoms with van der Waals surface area (Å²) >= 11 is 9.06. The quantitative estimate of drug-likeness (QED) is 0.619. The number of hydrogen-bond acceptors (Lipinski definition) is 3. The maximum atomic E-state index is 5.82. The van der Waals surface area contributed by atoms with Crippen molar-refractivity contribution in [3.05, 3.63) is 26.6 Å². The highest BCUT2D eigenvalue weighted by Crippen LogP contribution is 2.34. The summed E-state index contributed by atoms with van der Waals surface area (Å²) in [4.78, 5) is 0. The minimum absolute atomic E-state index is 0.486. The minimum Gasteiger partial charge on any atom is -0.490 e. The Morgan fingerprint density at radius 2 is 1.89 bits per heavy atom. The topological polar surface area (TPSA) is 21.3 Å². The van der Waals surface area contributed by atoms with Crippen molar-refractivity contribution in [2.45, 2.75) is 33.4 Å². The van der Waals surface area contributed by atoms with E-state index in [0.29, 0.717) is 6.04 Å². The highest BCUT2D eigenvalue weighted by molar-refractivity contribution is 9.11. The van der Waals surface area contributed by atoms with Crippen LogP contribution in [0, 0.1) is 0 Å². The third-order valence-electron chi connectivity index (χ3n) is 2.45. The van der Waals surface area contributed by atoms with Gasteiger partial charge in [-0.25, -0.2) is 0 Å². The molecule has 0 aliphatic carbocycles. The molecule has 0 amide bonds. The molecule has 1 rings (SSSR count). The van der Waals surface area contributed by atoms with Crippen molar-refractivity contribution in [1.82, 2.24) is 5.32 Å². The molecule has 0 aliphatic heterocycles. The van der Waals surface area contributed by atoms with Crippen LogP contribution in [0.1, 0.15) is 26.3 Å². The van der Waals surface area contributed by atoms with Crippen LogP contribution in [0.4, 0.5) is 0 Å². The van der Waals surface area contributed by atoms with E-state index in [1.54, 1.807) is 0 Å². The van der Waals surface area contributed by atoms with Crippen molar-refractivity contribution >= 4 is 43.6 Å². The van der Waals surface area contributed by atoms with Crippen molar-refractivity contribution in [3.8, 4) is 5.75 Å². The molecule has 19 heavy (non-hydrogen) atoms. The number of halogens is 2. The summed E-state index contributed by atoms with van der Waals surface area (Å²) in [7, 11) is 0. The molecule has 1 aromatic rings. The van der Waals surface area contributed by atoms with Gasteiger partial charge in [-0.1, -0.05) is 20.8 Å². The summed E-state index contributed by atoms with van der Waals surface area (Å²) in [6, 6.07) is 4.71. The molecule has 0 aromatic heterocycles. The molecule has 0 saturated heterocycles. The second kappa shape index (κ2) is 9.27. The molecule has 1 N–H and O–H groups in total. The van der Waals surface area contributed by atoms with Gasteiger partial charge in [0.1, 0.15) is 5.75 Å². The van der Waals surface area contributed by atoms with Gasteiger partial charge in [0.25, 0.3) is 0 Å². The van der Waals surface area contributed by atoms with Crippen molar-refractivity contribution in [2.75, 3.05) is 18.1 Å². The fourth-order valence-electron chi connectivity index (χ4n) is 1.52. The Labute approximate surface area is 137 Å². The first kappa shape index (κ1) is 17.3. The largest absolute Gasteiger partial charge is 0.490 e. The maximum Gasteiger partial charge on any atom is 0.147 e. The van der Waals surface area contributed by atoms with E-state index in [-0.39, 0.29) is 0 Å². The molecule has 5 heteroatoms. The molecule has 0 atom stereocenters. The van der Waals surface area contributed by atoms with Crippen molar-refractivity contribution in [1.29, 1.82) is 0 Å². The van der Waals surface area contributed by atoms with Crippen LogP contribution in [0.15, 0.2) is 21.1 Å². The molecule has 0 unspecified atom stereocenters. The molecule has 1 aromatic carbocycles. The fraction of sp³-hybridized carbons (Fsp3) is 0.571. The van der Waals surface area contributed by atoms with E-state index >= 15 is 0 Å². The lowest BCUT2D eigenvalue weighted by atomic mass is 10.2. The van der Waals surface area contributed by atoms with E-state index in [9.17, 15) is 0 Å². The fourth-order valence-corrected chi connectivity index (χ4v) is 3.52. The van der Waals surface area contributed by atoms with Gasteiger partial charge in [0.2, 0.25) is 0 Å². The normalized spacial score (nSPS) is 11.1. The summed E-state index contributed by atoms with van der Waals surface area (Å²) in [6.45, 7) is 8.05. The second-order valence-corrected chi connectivity index (χ2v) is 7.57. The van der Waals surface area contributed by atoms with Crippen molar-refractivity contribution < 1.29 is 4.74 Å². The lowest BCUT2D eigenvalue weighted by Gasteiger charge is -2.13. The van der Waals surface area contributed by atoms with Gasteiger partial charge in [-0.3, -0.25) is 0 Å². The lowest BCUT2D eigenvalue weighted by molar-refractivity contribution is 0.339. The van der Waals surface area contributed by atoms with Gasteiger partial charge >= 0.3 is 0 Å². The van der Waals surface area contributed by atoms with Crippen LogP contribution in [0.5, 0.6) is 5.75 Å². The predicted molar refractivity (Wildman–Crippen MR) is 92.3 cm³/mol. The third-order valence-corrected chi connectivity index (χ3v) is 4.49. The summed E-state index contributed by atoms with van der Waals surface area (Å²) in [5, 5.41) is 3.41. The van der Waals surface area contributed by atoms with Gasteiger partial charge in [0, 0.05) is 18.3 Å². The second-order valence-electron chi connectivity index (χ2n) is 4.47. The lowest BCUT2D eigenvalue weighted by Crippen LogP contribution is -2.21. The monoisotopic (exact) mass is 409 g/mol. The Morgan fingerprint density at radius 3 is 2.42 bits per heavy atom. The average molecular weight is 411 g/mol. The predicted octanol–water partition coefficient (Wildman–Crippen LogP) is 4.84. The van der Waals surface area contributed by atoms with E-state index in [0.717, 1.165) is 39.4 Å². The first-order valence-electron chi connectivity index (χ1n) is 6.46. The summed E-state index contributed by atoms with van der Waals surface area (Å²) in [6.07, 6.45) is 0. The smallest absolute Gasteiger partial charge is 0.147 e. The molecule has 0 fully saturated rings. The molecule has 108 valence electrons. The Morgan fingerprint density at radius 1 is 1.26 bits per heavy atom. The van der Waals surface area contributed by atoms with E-state index in [1.807, 2.05) is 11.8 Å². The van der Waals surface area contributed by atoms with Gasteiger partial charge in [-0.2, -0.15) is 11.8 Å². The molecule has 0 spiro atoms. The zero-order valence-electron chi connectivity index (χ0n) is 11.6. The van der Waals surface area contributed by atoms with Crippen LogP contribution < -0.4 is 10.1 Å². The zero-order chi connectivity index (χ0) is 14.3. The summed E-state index contributed by atoms with van der Waals surface area (Å²) < 4.78 is 7.82. The molecule has 2 nitrogen and oxygen atoms in total. The summed E-state index contributed by atoms with van der Waals surface area (Å²) in [5.74, 6) is 3.04. The van der Waals surface area contributed by atoms with E-state index < -0.39 is 0 Å². The van der Waals surface area contributed by atoms with Crippen LogP contribution in [-0.2, 0) is 6.54 Å². The number of nitrogens with one attached hydrogen (secondary N) is 1. The van der Waals surface area contributed by atoms with Gasteiger partial charge in [0.15, 0.2) is 0 Å². The van der Waals surface area contributed by atoms with Crippen LogP contribution in [-0.4, -0.2) is 24.2 Å². The van der Waals surface area contributed by atoms with E-state index in [4.69, 9.17) is 4.74 Å². The maximum absolute atomic E-state index is 5.82. The minimum atomic E-state index is 0.486. The Bertz CT molecular complexity index is 376. The first-order valence-corrected chi connectivity index (χ1v) is 9.20. The molecule has 0 bridgehead atoms. The summed E-state index contributed by atoms with van der Waals surface area (Å²) in [5.41, 5.74) is 1.24. The van der Waals surface area contributed by atoms with Gasteiger partial charge in [-0.15, -0.1) is 0 Å². The van der Waals surface area contributed by atoms with Crippen molar-refractivity contribution in [2.24, 2.45) is 0 Å². The molecular weight excluding hydrogens is 390 g/mol. The molecule has 0 saturated carbocycles. The average Bonchev–Trinajstić information content (AvgIpc) is 2.34. The number of benzene rings is 1. The Hall–Kier alpha value is 0.290.